The summed E-state index contributed by atoms with van der Waals surface area (Å²) in [5.74, 6) is 0.619. The minimum atomic E-state index is -0.454. The van der Waals surface area contributed by atoms with Crippen LogP contribution in [0.1, 0.15) is 52.9 Å². The van der Waals surface area contributed by atoms with Crippen LogP contribution in [0.3, 0.4) is 0 Å². The maximum Gasteiger partial charge on any atom is 0.326 e. The Hall–Kier alpha value is -0.610. The van der Waals surface area contributed by atoms with E-state index in [2.05, 4.69) is 24.1 Å². The summed E-state index contributed by atoms with van der Waals surface area (Å²) in [7, 11) is 1.89. The molecule has 0 amide bonds. The Balaban J connectivity index is 2.02. The molecule has 0 bridgehead atoms. The summed E-state index contributed by atoms with van der Waals surface area (Å²) < 4.78 is 5.29. The molecule has 20 heavy (non-hydrogen) atoms. The second-order valence-electron chi connectivity index (χ2n) is 6.77. The number of esters is 1. The highest BCUT2D eigenvalue weighted by molar-refractivity contribution is 5.81. The highest BCUT2D eigenvalue weighted by Crippen LogP contribution is 2.39. The van der Waals surface area contributed by atoms with Crippen molar-refractivity contribution < 1.29 is 9.53 Å². The predicted molar refractivity (Wildman–Crippen MR) is 80.6 cm³/mol. The zero-order chi connectivity index (χ0) is 14.8. The van der Waals surface area contributed by atoms with Crippen LogP contribution >= 0.6 is 0 Å². The van der Waals surface area contributed by atoms with Crippen LogP contribution in [0.15, 0.2) is 0 Å². The largest absolute Gasteiger partial charge is 0.465 e. The van der Waals surface area contributed by atoms with Crippen LogP contribution < -0.4 is 5.32 Å². The Kier molecular flexibility index (Phi) is 5.08. The minimum absolute atomic E-state index is 0.0645. The van der Waals surface area contributed by atoms with Crippen molar-refractivity contribution in [2.24, 2.45) is 5.92 Å². The molecule has 2 rings (SSSR count). The van der Waals surface area contributed by atoms with E-state index in [9.17, 15) is 4.79 Å². The second kappa shape index (κ2) is 6.44. The molecule has 4 heteroatoms. The fourth-order valence-electron chi connectivity index (χ4n) is 3.51. The van der Waals surface area contributed by atoms with E-state index in [1.807, 2.05) is 14.0 Å². The van der Waals surface area contributed by atoms with Crippen molar-refractivity contribution >= 4 is 5.97 Å². The normalized spacial score (nSPS) is 30.2. The van der Waals surface area contributed by atoms with E-state index < -0.39 is 5.54 Å². The number of carbonyl (C=O) groups is 1. The summed E-state index contributed by atoms with van der Waals surface area (Å²) in [6.45, 7) is 8.05. The lowest BCUT2D eigenvalue weighted by Gasteiger charge is -2.32. The molecule has 2 aliphatic rings. The summed E-state index contributed by atoms with van der Waals surface area (Å²) >= 11 is 0. The summed E-state index contributed by atoms with van der Waals surface area (Å²) in [5, 5.41) is 3.26. The molecule has 0 heterocycles. The monoisotopic (exact) mass is 282 g/mol. The van der Waals surface area contributed by atoms with Gasteiger partial charge in [0.15, 0.2) is 0 Å². The fraction of sp³-hybridized carbons (Fsp3) is 0.938. The van der Waals surface area contributed by atoms with Crippen LogP contribution in [-0.2, 0) is 9.53 Å². The van der Waals surface area contributed by atoms with Gasteiger partial charge in [-0.25, -0.2) is 0 Å². The minimum Gasteiger partial charge on any atom is -0.465 e. The predicted octanol–water partition coefficient (Wildman–Crippen LogP) is 2.18. The number of ether oxygens (including phenoxy) is 1. The van der Waals surface area contributed by atoms with E-state index in [0.29, 0.717) is 18.6 Å². The maximum atomic E-state index is 12.3. The molecule has 1 N–H and O–H groups in total. The number of likely N-dealkylation sites (N-methyl/N-ethyl adjacent to an activating group) is 1. The average molecular weight is 282 g/mol. The smallest absolute Gasteiger partial charge is 0.326 e. The standard InChI is InChI=1S/C16H30N2O2/c1-5-20-15(19)16(17-4)9-8-14(10-16)18(11-12(2)3)13-6-7-13/h12-14,17H,5-11H2,1-4H3. The van der Waals surface area contributed by atoms with Crippen molar-refractivity contribution in [3.63, 3.8) is 0 Å². The highest BCUT2D eigenvalue weighted by atomic mass is 16.5. The van der Waals surface area contributed by atoms with Gasteiger partial charge in [-0.1, -0.05) is 13.8 Å². The first-order valence-corrected chi connectivity index (χ1v) is 8.14. The van der Waals surface area contributed by atoms with E-state index in [-0.39, 0.29) is 5.97 Å². The lowest BCUT2D eigenvalue weighted by Crippen LogP contribution is -2.51. The van der Waals surface area contributed by atoms with Gasteiger partial charge in [0.25, 0.3) is 0 Å². The first-order valence-electron chi connectivity index (χ1n) is 8.14. The van der Waals surface area contributed by atoms with Gasteiger partial charge in [-0.2, -0.15) is 0 Å². The summed E-state index contributed by atoms with van der Waals surface area (Å²) in [6.07, 6.45) is 5.55. The van der Waals surface area contributed by atoms with Crippen molar-refractivity contribution in [2.45, 2.75) is 70.5 Å². The van der Waals surface area contributed by atoms with Gasteiger partial charge in [0, 0.05) is 18.6 Å². The van der Waals surface area contributed by atoms with Gasteiger partial charge in [0.05, 0.1) is 6.61 Å². The molecule has 2 aliphatic carbocycles. The third kappa shape index (κ3) is 3.34. The third-order valence-electron chi connectivity index (χ3n) is 4.69. The zero-order valence-corrected chi connectivity index (χ0v) is 13.4. The summed E-state index contributed by atoms with van der Waals surface area (Å²) in [4.78, 5) is 14.9. The summed E-state index contributed by atoms with van der Waals surface area (Å²) in [5.41, 5.74) is -0.454. The molecule has 2 fully saturated rings. The van der Waals surface area contributed by atoms with Crippen LogP contribution in [0.4, 0.5) is 0 Å². The molecular weight excluding hydrogens is 252 g/mol. The van der Waals surface area contributed by atoms with Crippen molar-refractivity contribution in [1.29, 1.82) is 0 Å². The van der Waals surface area contributed by atoms with Crippen molar-refractivity contribution in [2.75, 3.05) is 20.2 Å². The van der Waals surface area contributed by atoms with E-state index in [1.54, 1.807) is 0 Å². The zero-order valence-electron chi connectivity index (χ0n) is 13.4. The van der Waals surface area contributed by atoms with Gasteiger partial charge in [-0.15, -0.1) is 0 Å². The van der Waals surface area contributed by atoms with Crippen LogP contribution in [0, 0.1) is 5.92 Å². The van der Waals surface area contributed by atoms with Gasteiger partial charge in [-0.3, -0.25) is 9.69 Å². The Bertz CT molecular complexity index is 341. The van der Waals surface area contributed by atoms with Crippen molar-refractivity contribution in [3.8, 4) is 0 Å². The Labute approximate surface area is 123 Å². The Morgan fingerprint density at radius 1 is 1.35 bits per heavy atom. The van der Waals surface area contributed by atoms with E-state index in [0.717, 1.165) is 31.8 Å². The molecule has 0 aromatic carbocycles. The van der Waals surface area contributed by atoms with Crippen molar-refractivity contribution in [1.82, 2.24) is 10.2 Å². The molecule has 2 atom stereocenters. The Morgan fingerprint density at radius 3 is 2.55 bits per heavy atom. The topological polar surface area (TPSA) is 41.6 Å². The van der Waals surface area contributed by atoms with Crippen LogP contribution in [0.5, 0.6) is 0 Å². The van der Waals surface area contributed by atoms with Crippen molar-refractivity contribution in [3.05, 3.63) is 0 Å². The van der Waals surface area contributed by atoms with E-state index >= 15 is 0 Å². The molecule has 0 aliphatic heterocycles. The van der Waals surface area contributed by atoms with Crippen LogP contribution in [0.2, 0.25) is 0 Å². The van der Waals surface area contributed by atoms with Gasteiger partial charge in [0.2, 0.25) is 0 Å². The molecule has 0 saturated heterocycles. The molecule has 0 aromatic rings. The van der Waals surface area contributed by atoms with Gasteiger partial charge in [-0.05, 0) is 52.0 Å². The van der Waals surface area contributed by atoms with Crippen LogP contribution in [0.25, 0.3) is 0 Å². The molecule has 0 spiro atoms. The number of nitrogens with zero attached hydrogens (tertiary/aromatic N) is 1. The van der Waals surface area contributed by atoms with Crippen LogP contribution in [-0.4, -0.2) is 48.7 Å². The quantitative estimate of drug-likeness (QED) is 0.727. The molecule has 0 radical (unpaired) electrons. The molecule has 0 aromatic heterocycles. The van der Waals surface area contributed by atoms with Gasteiger partial charge < -0.3 is 10.1 Å². The first-order chi connectivity index (χ1) is 9.52. The maximum absolute atomic E-state index is 12.3. The summed E-state index contributed by atoms with van der Waals surface area (Å²) in [6, 6.07) is 1.29. The molecule has 4 nitrogen and oxygen atoms in total. The third-order valence-corrected chi connectivity index (χ3v) is 4.69. The molecular formula is C16H30N2O2. The second-order valence-corrected chi connectivity index (χ2v) is 6.77. The number of rotatable bonds is 7. The molecule has 2 unspecified atom stereocenters. The fourth-order valence-corrected chi connectivity index (χ4v) is 3.51. The number of hydrogen-bond donors (Lipinski definition) is 1. The van der Waals surface area contributed by atoms with E-state index in [1.165, 1.54) is 12.8 Å². The number of carbonyl (C=O) groups excluding carboxylic acids is 1. The Morgan fingerprint density at radius 2 is 2.05 bits per heavy atom. The average Bonchev–Trinajstić information content (AvgIpc) is 3.15. The number of hydrogen-bond acceptors (Lipinski definition) is 4. The van der Waals surface area contributed by atoms with Gasteiger partial charge in [0.1, 0.15) is 5.54 Å². The molecule has 2 saturated carbocycles. The van der Waals surface area contributed by atoms with Gasteiger partial charge >= 0.3 is 5.97 Å². The first kappa shape index (κ1) is 15.8. The lowest BCUT2D eigenvalue weighted by atomic mass is 9.97. The lowest BCUT2D eigenvalue weighted by molar-refractivity contribution is -0.151. The SMILES string of the molecule is CCOC(=O)C1(NC)CCC(N(CC(C)C)C2CC2)C1. The molecule has 116 valence electrons. The highest BCUT2D eigenvalue weighted by Gasteiger charge is 2.48. The van der Waals surface area contributed by atoms with E-state index in [4.69, 9.17) is 4.74 Å². The number of nitrogens with one attached hydrogen (secondary N) is 1.